The van der Waals surface area contributed by atoms with Crippen LogP contribution in [0.3, 0.4) is 0 Å². The van der Waals surface area contributed by atoms with Crippen molar-refractivity contribution in [2.24, 2.45) is 0 Å². The molecule has 0 aliphatic heterocycles. The molecule has 0 aliphatic rings. The normalized spacial score (nSPS) is 11.1. The number of carbonyl (C=O) groups is 1. The molecule has 1 heterocycles. The average molecular weight is 476 g/mol. The SMILES string of the molecule is COc1ccc(CCNC(=O)Cc2csc(Nc3ccc(S(C)(=O)=O)cc3)n2)cc1OC. The van der Waals surface area contributed by atoms with Gasteiger partial charge in [-0.1, -0.05) is 6.07 Å². The van der Waals surface area contributed by atoms with E-state index in [2.05, 4.69) is 15.6 Å². The van der Waals surface area contributed by atoms with Crippen LogP contribution < -0.4 is 20.1 Å². The number of benzene rings is 2. The average Bonchev–Trinajstić information content (AvgIpc) is 3.19. The Balaban J connectivity index is 1.48. The largest absolute Gasteiger partial charge is 0.493 e. The summed E-state index contributed by atoms with van der Waals surface area (Å²) in [4.78, 5) is 16.9. The van der Waals surface area contributed by atoms with Crippen LogP contribution >= 0.6 is 11.3 Å². The second-order valence-corrected chi connectivity index (χ2v) is 9.91. The van der Waals surface area contributed by atoms with Gasteiger partial charge in [0, 0.05) is 23.9 Å². The van der Waals surface area contributed by atoms with Gasteiger partial charge in [0.05, 0.1) is 31.2 Å². The van der Waals surface area contributed by atoms with Gasteiger partial charge >= 0.3 is 0 Å². The maximum Gasteiger partial charge on any atom is 0.226 e. The lowest BCUT2D eigenvalue weighted by molar-refractivity contribution is -0.120. The van der Waals surface area contributed by atoms with Crippen LogP contribution in [0.1, 0.15) is 11.3 Å². The summed E-state index contributed by atoms with van der Waals surface area (Å²) >= 11 is 1.38. The monoisotopic (exact) mass is 475 g/mol. The molecule has 0 fully saturated rings. The van der Waals surface area contributed by atoms with Gasteiger partial charge in [0.1, 0.15) is 0 Å². The lowest BCUT2D eigenvalue weighted by atomic mass is 10.1. The summed E-state index contributed by atoms with van der Waals surface area (Å²) in [6.07, 6.45) is 2.01. The number of nitrogens with one attached hydrogen (secondary N) is 2. The zero-order valence-electron chi connectivity index (χ0n) is 18.0. The Morgan fingerprint density at radius 1 is 1.06 bits per heavy atom. The summed E-state index contributed by atoms with van der Waals surface area (Å²) in [5, 5.41) is 8.47. The van der Waals surface area contributed by atoms with Crippen LogP contribution in [0.4, 0.5) is 10.8 Å². The maximum atomic E-state index is 12.3. The maximum absolute atomic E-state index is 12.3. The standard InChI is InChI=1S/C22H25N3O5S2/c1-29-19-9-4-15(12-20(19)30-2)10-11-23-21(26)13-17-14-31-22(25-17)24-16-5-7-18(8-6-16)32(3,27)28/h4-9,12,14H,10-11,13H2,1-3H3,(H,23,26)(H,24,25). The number of carbonyl (C=O) groups excluding carboxylic acids is 1. The van der Waals surface area contributed by atoms with E-state index in [0.29, 0.717) is 35.3 Å². The number of methoxy groups -OCH3 is 2. The van der Waals surface area contributed by atoms with Crippen molar-refractivity contribution in [1.82, 2.24) is 10.3 Å². The van der Waals surface area contributed by atoms with E-state index < -0.39 is 9.84 Å². The number of aromatic nitrogens is 1. The van der Waals surface area contributed by atoms with E-state index >= 15 is 0 Å². The number of rotatable bonds is 10. The molecule has 0 aliphatic carbocycles. The summed E-state index contributed by atoms with van der Waals surface area (Å²) in [6.45, 7) is 0.496. The molecule has 32 heavy (non-hydrogen) atoms. The molecular formula is C22H25N3O5S2. The van der Waals surface area contributed by atoms with Crippen LogP contribution in [0, 0.1) is 0 Å². The highest BCUT2D eigenvalue weighted by Gasteiger charge is 2.10. The minimum absolute atomic E-state index is 0.111. The number of thiazole rings is 1. The van der Waals surface area contributed by atoms with E-state index in [4.69, 9.17) is 9.47 Å². The molecule has 0 radical (unpaired) electrons. The molecule has 1 amide bonds. The molecule has 0 saturated heterocycles. The van der Waals surface area contributed by atoms with Crippen molar-refractivity contribution in [3.8, 4) is 11.5 Å². The highest BCUT2D eigenvalue weighted by atomic mass is 32.2. The minimum Gasteiger partial charge on any atom is -0.493 e. The summed E-state index contributed by atoms with van der Waals surface area (Å²) in [6, 6.07) is 12.1. The van der Waals surface area contributed by atoms with Gasteiger partial charge in [0.15, 0.2) is 26.5 Å². The van der Waals surface area contributed by atoms with Gasteiger partial charge in [0.2, 0.25) is 5.91 Å². The van der Waals surface area contributed by atoms with Crippen molar-refractivity contribution < 1.29 is 22.7 Å². The predicted octanol–water partition coefficient (Wildman–Crippen LogP) is 3.21. The van der Waals surface area contributed by atoms with E-state index in [-0.39, 0.29) is 17.2 Å². The summed E-state index contributed by atoms with van der Waals surface area (Å²) in [7, 11) is -0.0539. The smallest absolute Gasteiger partial charge is 0.226 e. The molecular weight excluding hydrogens is 450 g/mol. The number of sulfone groups is 1. The molecule has 8 nitrogen and oxygen atoms in total. The van der Waals surface area contributed by atoms with Crippen molar-refractivity contribution in [1.29, 1.82) is 0 Å². The van der Waals surface area contributed by atoms with Crippen LogP contribution in [-0.2, 0) is 27.5 Å². The molecule has 0 bridgehead atoms. The van der Waals surface area contributed by atoms with Gasteiger partial charge in [-0.05, 0) is 48.4 Å². The molecule has 3 aromatic rings. The van der Waals surface area contributed by atoms with E-state index in [1.165, 1.54) is 29.7 Å². The van der Waals surface area contributed by atoms with Gasteiger partial charge in [-0.2, -0.15) is 0 Å². The predicted molar refractivity (Wildman–Crippen MR) is 125 cm³/mol. The Morgan fingerprint density at radius 3 is 2.44 bits per heavy atom. The van der Waals surface area contributed by atoms with E-state index in [1.54, 1.807) is 26.4 Å². The number of anilines is 2. The molecule has 3 rings (SSSR count). The number of hydrogen-bond donors (Lipinski definition) is 2. The number of amides is 1. The van der Waals surface area contributed by atoms with Crippen molar-refractivity contribution in [2.75, 3.05) is 32.3 Å². The third-order valence-corrected chi connectivity index (χ3v) is 6.55. The third-order valence-electron chi connectivity index (χ3n) is 4.61. The molecule has 2 N–H and O–H groups in total. The third kappa shape index (κ3) is 6.44. The first-order valence-corrected chi connectivity index (χ1v) is 12.5. The topological polar surface area (TPSA) is 107 Å². The fraction of sp³-hybridized carbons (Fsp3) is 0.273. The Bertz CT molecular complexity index is 1170. The quantitative estimate of drug-likeness (QED) is 0.464. The highest BCUT2D eigenvalue weighted by molar-refractivity contribution is 7.90. The van der Waals surface area contributed by atoms with Gasteiger partial charge < -0.3 is 20.1 Å². The first-order valence-electron chi connectivity index (χ1n) is 9.77. The molecule has 10 heteroatoms. The van der Waals surface area contributed by atoms with Crippen LogP contribution in [-0.4, -0.2) is 46.3 Å². The van der Waals surface area contributed by atoms with Crippen LogP contribution in [0.25, 0.3) is 0 Å². The molecule has 2 aromatic carbocycles. The molecule has 170 valence electrons. The molecule has 0 spiro atoms. The van der Waals surface area contributed by atoms with E-state index in [1.807, 2.05) is 23.6 Å². The second-order valence-electron chi connectivity index (χ2n) is 7.03. The van der Waals surface area contributed by atoms with Crippen molar-refractivity contribution in [3.63, 3.8) is 0 Å². The Hall–Kier alpha value is -3.11. The lowest BCUT2D eigenvalue weighted by Crippen LogP contribution is -2.27. The highest BCUT2D eigenvalue weighted by Crippen LogP contribution is 2.27. The van der Waals surface area contributed by atoms with E-state index in [9.17, 15) is 13.2 Å². The van der Waals surface area contributed by atoms with Crippen LogP contribution in [0.15, 0.2) is 52.7 Å². The Morgan fingerprint density at radius 2 is 1.78 bits per heavy atom. The molecule has 0 atom stereocenters. The Labute approximate surface area is 191 Å². The number of nitrogens with zero attached hydrogens (tertiary/aromatic N) is 1. The summed E-state index contributed by atoms with van der Waals surface area (Å²) in [5.41, 5.74) is 2.41. The fourth-order valence-electron chi connectivity index (χ4n) is 2.96. The lowest BCUT2D eigenvalue weighted by Gasteiger charge is -2.10. The Kier molecular flexibility index (Phi) is 7.70. The molecule has 1 aromatic heterocycles. The van der Waals surface area contributed by atoms with E-state index in [0.717, 1.165) is 11.3 Å². The molecule has 0 saturated carbocycles. The van der Waals surface area contributed by atoms with Crippen molar-refractivity contribution in [3.05, 3.63) is 59.1 Å². The first-order chi connectivity index (χ1) is 15.3. The van der Waals surface area contributed by atoms with Crippen LogP contribution in [0.5, 0.6) is 11.5 Å². The molecule has 0 unspecified atom stereocenters. The van der Waals surface area contributed by atoms with Crippen molar-refractivity contribution >= 4 is 37.9 Å². The fourth-order valence-corrected chi connectivity index (χ4v) is 4.32. The zero-order valence-corrected chi connectivity index (χ0v) is 19.7. The number of ether oxygens (including phenoxy) is 2. The first kappa shape index (κ1) is 23.6. The summed E-state index contributed by atoms with van der Waals surface area (Å²) < 4.78 is 33.6. The van der Waals surface area contributed by atoms with Crippen LogP contribution in [0.2, 0.25) is 0 Å². The van der Waals surface area contributed by atoms with Gasteiger partial charge in [0.25, 0.3) is 0 Å². The van der Waals surface area contributed by atoms with Gasteiger partial charge in [-0.25, -0.2) is 13.4 Å². The minimum atomic E-state index is -3.23. The number of hydrogen-bond acceptors (Lipinski definition) is 8. The zero-order chi connectivity index (χ0) is 23.1. The van der Waals surface area contributed by atoms with Crippen molar-refractivity contribution in [2.45, 2.75) is 17.7 Å². The summed E-state index contributed by atoms with van der Waals surface area (Å²) in [5.74, 6) is 1.21. The van der Waals surface area contributed by atoms with Gasteiger partial charge in [-0.15, -0.1) is 11.3 Å². The van der Waals surface area contributed by atoms with Gasteiger partial charge in [-0.3, -0.25) is 4.79 Å². The second kappa shape index (κ2) is 10.5.